The Morgan fingerprint density at radius 1 is 1.10 bits per heavy atom. The Bertz CT molecular complexity index is 1270. The first kappa shape index (κ1) is 29.4. The Labute approximate surface area is 240 Å². The summed E-state index contributed by atoms with van der Waals surface area (Å²) in [4.78, 5) is 51.1. The number of carbonyl (C=O) groups excluding carboxylic acids is 4. The minimum Gasteiger partial charge on any atom is -0.472 e. The van der Waals surface area contributed by atoms with Gasteiger partial charge in [-0.15, -0.1) is 0 Å². The highest BCUT2D eigenvalue weighted by Crippen LogP contribution is 2.72. The molecule has 0 N–H and O–H groups in total. The Kier molecular flexibility index (Phi) is 6.95. The smallest absolute Gasteiger partial charge is 0.351 e. The van der Waals surface area contributed by atoms with Crippen LogP contribution in [0.15, 0.2) is 35.2 Å². The van der Waals surface area contributed by atoms with Crippen LogP contribution in [0, 0.1) is 28.1 Å². The number of cyclic esters (lactones) is 1. The summed E-state index contributed by atoms with van der Waals surface area (Å²) in [7, 11) is 1.35. The van der Waals surface area contributed by atoms with Crippen molar-refractivity contribution in [1.82, 2.24) is 0 Å². The number of rotatable bonds is 5. The van der Waals surface area contributed by atoms with Crippen molar-refractivity contribution in [2.75, 3.05) is 7.11 Å². The van der Waals surface area contributed by atoms with Gasteiger partial charge < -0.3 is 28.1 Å². The number of ether oxygens (including phenoxy) is 5. The van der Waals surface area contributed by atoms with Crippen LogP contribution >= 0.6 is 0 Å². The first-order valence-corrected chi connectivity index (χ1v) is 14.2. The van der Waals surface area contributed by atoms with Gasteiger partial charge >= 0.3 is 23.9 Å². The van der Waals surface area contributed by atoms with Crippen LogP contribution in [0.3, 0.4) is 0 Å². The number of hydrogen-bond donors (Lipinski definition) is 0. The average Bonchev–Trinajstić information content (AvgIpc) is 3.42. The molecule has 10 heteroatoms. The van der Waals surface area contributed by atoms with Gasteiger partial charge in [-0.1, -0.05) is 34.3 Å². The third-order valence-corrected chi connectivity index (χ3v) is 10.8. The molecule has 1 spiro atoms. The molecular weight excluding hydrogens is 532 g/mol. The van der Waals surface area contributed by atoms with Gasteiger partial charge in [0.1, 0.15) is 17.8 Å². The number of methoxy groups -OCH3 is 1. The number of hydrogen-bond acceptors (Lipinski definition) is 10. The number of fused-ring (bicyclic) bond motifs is 3. The van der Waals surface area contributed by atoms with Gasteiger partial charge in [0.05, 0.1) is 25.7 Å². The van der Waals surface area contributed by atoms with Crippen LogP contribution in [-0.2, 0) is 42.9 Å². The van der Waals surface area contributed by atoms with Crippen LogP contribution < -0.4 is 0 Å². The van der Waals surface area contributed by atoms with E-state index in [0.717, 1.165) is 0 Å². The Morgan fingerprint density at radius 3 is 2.37 bits per heavy atom. The topological polar surface area (TPSA) is 128 Å². The quantitative estimate of drug-likeness (QED) is 0.283. The monoisotopic (exact) mass is 572 g/mol. The van der Waals surface area contributed by atoms with E-state index in [1.165, 1.54) is 33.5 Å². The Balaban J connectivity index is 1.71. The molecule has 4 aliphatic rings. The maximum absolute atomic E-state index is 13.7. The van der Waals surface area contributed by atoms with Crippen molar-refractivity contribution < 1.29 is 47.3 Å². The van der Waals surface area contributed by atoms with Crippen LogP contribution in [-0.4, -0.2) is 54.9 Å². The number of furan rings is 1. The molecule has 41 heavy (non-hydrogen) atoms. The van der Waals surface area contributed by atoms with Crippen molar-refractivity contribution in [3.05, 3.63) is 36.3 Å². The second-order valence-electron chi connectivity index (χ2n) is 13.1. The zero-order chi connectivity index (χ0) is 30.1. The maximum Gasteiger partial charge on any atom is 0.351 e. The highest BCUT2D eigenvalue weighted by atomic mass is 16.6. The molecule has 1 aromatic heterocycles. The first-order valence-electron chi connectivity index (χ1n) is 14.2. The van der Waals surface area contributed by atoms with E-state index in [1.54, 1.807) is 6.07 Å². The van der Waals surface area contributed by atoms with E-state index in [4.69, 9.17) is 28.1 Å². The van der Waals surface area contributed by atoms with E-state index in [2.05, 4.69) is 13.5 Å². The maximum atomic E-state index is 13.7. The summed E-state index contributed by atoms with van der Waals surface area (Å²) < 4.78 is 35.2. The molecule has 2 aliphatic heterocycles. The molecule has 2 saturated carbocycles. The van der Waals surface area contributed by atoms with Gasteiger partial charge in [-0.2, -0.15) is 0 Å². The second-order valence-corrected chi connectivity index (χ2v) is 13.1. The fourth-order valence-corrected chi connectivity index (χ4v) is 8.82. The Morgan fingerprint density at radius 2 is 1.78 bits per heavy atom. The molecule has 0 amide bonds. The average molecular weight is 573 g/mol. The van der Waals surface area contributed by atoms with Gasteiger partial charge in [0, 0.05) is 48.5 Å². The van der Waals surface area contributed by atoms with E-state index in [9.17, 15) is 19.2 Å². The summed E-state index contributed by atoms with van der Waals surface area (Å²) in [6.45, 7) is 15.2. The molecule has 2 aliphatic carbocycles. The van der Waals surface area contributed by atoms with E-state index in [-0.39, 0.29) is 24.2 Å². The van der Waals surface area contributed by atoms with Crippen LogP contribution in [0.25, 0.3) is 0 Å². The normalized spacial score (nSPS) is 40.9. The third kappa shape index (κ3) is 4.00. The molecule has 0 radical (unpaired) electrons. The lowest BCUT2D eigenvalue weighted by molar-refractivity contribution is -0.336. The lowest BCUT2D eigenvalue weighted by atomic mass is 9.41. The van der Waals surface area contributed by atoms with Gasteiger partial charge in [-0.3, -0.25) is 14.4 Å². The molecule has 9 atom stereocenters. The fraction of sp³-hybridized carbons (Fsp3) is 0.677. The number of carbonyl (C=O) groups is 4. The van der Waals surface area contributed by atoms with Gasteiger partial charge in [-0.05, 0) is 36.3 Å². The summed E-state index contributed by atoms with van der Waals surface area (Å²) >= 11 is 0. The SMILES string of the molecule is C=C1[C@@H]2CC[C@@]3(C)[C@H](c4ccoc4)OC(=O)[C@@H](OC(C)=O)[C@]13O[C@H]1C[C@@H](OC(C)=O)C(C)(C)[C@H](CC(=O)OC)[C@]12C. The predicted octanol–water partition coefficient (Wildman–Crippen LogP) is 4.47. The van der Waals surface area contributed by atoms with Crippen molar-refractivity contribution in [3.8, 4) is 0 Å². The van der Waals surface area contributed by atoms with E-state index >= 15 is 0 Å². The highest BCUT2D eigenvalue weighted by molar-refractivity contribution is 5.83. The lowest BCUT2D eigenvalue weighted by Gasteiger charge is -2.71. The fourth-order valence-electron chi connectivity index (χ4n) is 8.82. The van der Waals surface area contributed by atoms with Crippen molar-refractivity contribution in [2.24, 2.45) is 28.1 Å². The highest BCUT2D eigenvalue weighted by Gasteiger charge is 2.77. The first-order chi connectivity index (χ1) is 19.1. The summed E-state index contributed by atoms with van der Waals surface area (Å²) in [5.41, 5.74) is -2.30. The van der Waals surface area contributed by atoms with Crippen LogP contribution in [0.4, 0.5) is 0 Å². The van der Waals surface area contributed by atoms with Crippen LogP contribution in [0.5, 0.6) is 0 Å². The largest absolute Gasteiger partial charge is 0.472 e. The molecule has 0 aromatic carbocycles. The van der Waals surface area contributed by atoms with Crippen molar-refractivity contribution >= 4 is 23.9 Å². The molecular formula is C31H40O10. The molecule has 4 fully saturated rings. The second kappa shape index (κ2) is 9.71. The molecule has 1 aromatic rings. The molecule has 224 valence electrons. The molecule has 0 unspecified atom stereocenters. The van der Waals surface area contributed by atoms with Crippen LogP contribution in [0.1, 0.15) is 78.9 Å². The molecule has 2 bridgehead atoms. The summed E-state index contributed by atoms with van der Waals surface area (Å²) in [6.07, 6.45) is 1.36. The minimum absolute atomic E-state index is 0.0821. The van der Waals surface area contributed by atoms with E-state index in [1.807, 2.05) is 20.8 Å². The zero-order valence-corrected chi connectivity index (χ0v) is 24.8. The third-order valence-electron chi connectivity index (χ3n) is 10.8. The lowest BCUT2D eigenvalue weighted by Crippen LogP contribution is -2.77. The molecule has 5 rings (SSSR count). The Hall–Kier alpha value is -3.14. The standard InChI is InChI=1S/C31H40O10/c1-16-20-9-11-29(6)25(19-10-12-37-15-19)40-27(35)26(39-18(3)33)31(16,29)41-23-14-22(38-17(2)32)28(4,5)21(30(20,23)7)13-24(34)36-8/h10,12,15,20-23,25-26H,1,9,11,13-14H2,2-8H3/t20-,21-,22+,23-,25-,26+,29-,30+,31+/m0/s1. The van der Waals surface area contributed by atoms with Gasteiger partial charge in [0.15, 0.2) is 0 Å². The van der Waals surface area contributed by atoms with Crippen molar-refractivity contribution in [3.63, 3.8) is 0 Å². The summed E-state index contributed by atoms with van der Waals surface area (Å²) in [5.74, 6) is -2.74. The zero-order valence-electron chi connectivity index (χ0n) is 24.8. The van der Waals surface area contributed by atoms with Gasteiger partial charge in [0.2, 0.25) is 6.10 Å². The predicted molar refractivity (Wildman–Crippen MR) is 143 cm³/mol. The van der Waals surface area contributed by atoms with E-state index < -0.39 is 64.2 Å². The van der Waals surface area contributed by atoms with Crippen molar-refractivity contribution in [2.45, 2.75) is 97.2 Å². The summed E-state index contributed by atoms with van der Waals surface area (Å²) in [5, 5.41) is 0. The molecule has 2 saturated heterocycles. The van der Waals surface area contributed by atoms with Crippen molar-refractivity contribution in [1.29, 1.82) is 0 Å². The van der Waals surface area contributed by atoms with Crippen LogP contribution in [0.2, 0.25) is 0 Å². The molecule has 10 nitrogen and oxygen atoms in total. The minimum atomic E-state index is -1.44. The van der Waals surface area contributed by atoms with E-state index in [0.29, 0.717) is 30.4 Å². The van der Waals surface area contributed by atoms with Gasteiger partial charge in [0.25, 0.3) is 0 Å². The molecule has 3 heterocycles. The van der Waals surface area contributed by atoms with Gasteiger partial charge in [-0.25, -0.2) is 4.79 Å². The number of esters is 4. The summed E-state index contributed by atoms with van der Waals surface area (Å²) in [6, 6.07) is 1.75.